The SMILES string of the molecule is CC(C)(C)CSC[C@H](N)C(=O)O. The Labute approximate surface area is 77.7 Å². The van der Waals surface area contributed by atoms with Crippen LogP contribution < -0.4 is 5.73 Å². The zero-order valence-electron chi connectivity index (χ0n) is 7.83. The average Bonchev–Trinajstić information content (AvgIpc) is 1.84. The Morgan fingerprint density at radius 3 is 2.42 bits per heavy atom. The monoisotopic (exact) mass is 191 g/mol. The third-order valence-electron chi connectivity index (χ3n) is 1.15. The van der Waals surface area contributed by atoms with Crippen molar-refractivity contribution in [3.8, 4) is 0 Å². The van der Waals surface area contributed by atoms with E-state index >= 15 is 0 Å². The highest BCUT2D eigenvalue weighted by molar-refractivity contribution is 7.99. The van der Waals surface area contributed by atoms with Crippen molar-refractivity contribution >= 4 is 17.7 Å². The number of nitrogens with two attached hydrogens (primary N) is 1. The summed E-state index contributed by atoms with van der Waals surface area (Å²) in [5, 5.41) is 8.47. The highest BCUT2D eigenvalue weighted by atomic mass is 32.2. The maximum Gasteiger partial charge on any atom is 0.321 e. The van der Waals surface area contributed by atoms with Crippen LogP contribution in [0.1, 0.15) is 20.8 Å². The Kier molecular flexibility index (Phi) is 4.63. The number of carboxylic acids is 1. The Morgan fingerprint density at radius 2 is 2.08 bits per heavy atom. The first-order valence-electron chi connectivity index (χ1n) is 3.89. The van der Waals surface area contributed by atoms with Gasteiger partial charge in [0.15, 0.2) is 0 Å². The van der Waals surface area contributed by atoms with Crippen LogP contribution in [0.2, 0.25) is 0 Å². The predicted octanol–water partition coefficient (Wildman–Crippen LogP) is 1.18. The maximum absolute atomic E-state index is 10.3. The molecule has 0 radical (unpaired) electrons. The second kappa shape index (κ2) is 4.72. The second-order valence-corrected chi connectivity index (χ2v) is 5.05. The molecule has 0 saturated carbocycles. The molecule has 0 amide bonds. The van der Waals surface area contributed by atoms with E-state index in [-0.39, 0.29) is 5.41 Å². The van der Waals surface area contributed by atoms with E-state index in [2.05, 4.69) is 20.8 Å². The van der Waals surface area contributed by atoms with Gasteiger partial charge >= 0.3 is 5.97 Å². The van der Waals surface area contributed by atoms with Crippen molar-refractivity contribution in [2.24, 2.45) is 11.1 Å². The van der Waals surface area contributed by atoms with Gasteiger partial charge in [0.05, 0.1) is 0 Å². The summed E-state index contributed by atoms with van der Waals surface area (Å²) in [6.07, 6.45) is 0. The van der Waals surface area contributed by atoms with Crippen molar-refractivity contribution in [2.45, 2.75) is 26.8 Å². The Hall–Kier alpha value is -0.220. The van der Waals surface area contributed by atoms with Crippen molar-refractivity contribution < 1.29 is 9.90 Å². The lowest BCUT2D eigenvalue weighted by Crippen LogP contribution is -2.33. The van der Waals surface area contributed by atoms with E-state index in [0.29, 0.717) is 5.75 Å². The van der Waals surface area contributed by atoms with E-state index < -0.39 is 12.0 Å². The molecule has 0 bridgehead atoms. The summed E-state index contributed by atoms with van der Waals surface area (Å²) in [4.78, 5) is 10.3. The van der Waals surface area contributed by atoms with E-state index in [0.717, 1.165) is 5.75 Å². The molecule has 3 N–H and O–H groups in total. The zero-order chi connectivity index (χ0) is 9.78. The van der Waals surface area contributed by atoms with Gasteiger partial charge < -0.3 is 10.8 Å². The predicted molar refractivity (Wildman–Crippen MR) is 52.4 cm³/mol. The minimum absolute atomic E-state index is 0.239. The fourth-order valence-corrected chi connectivity index (χ4v) is 1.69. The number of hydrogen-bond acceptors (Lipinski definition) is 3. The molecule has 0 aromatic carbocycles. The third-order valence-corrected chi connectivity index (χ3v) is 2.81. The van der Waals surface area contributed by atoms with Crippen molar-refractivity contribution in [1.29, 1.82) is 0 Å². The lowest BCUT2D eigenvalue weighted by Gasteiger charge is -2.17. The molecule has 0 unspecified atom stereocenters. The molecule has 0 saturated heterocycles. The first-order chi connectivity index (χ1) is 5.33. The number of aliphatic carboxylic acids is 1. The third kappa shape index (κ3) is 6.49. The van der Waals surface area contributed by atoms with Crippen molar-refractivity contribution in [1.82, 2.24) is 0 Å². The highest BCUT2D eigenvalue weighted by Gasteiger charge is 2.14. The van der Waals surface area contributed by atoms with E-state index in [1.807, 2.05) is 0 Å². The van der Waals surface area contributed by atoms with E-state index in [4.69, 9.17) is 10.8 Å². The summed E-state index contributed by atoms with van der Waals surface area (Å²) in [6.45, 7) is 6.35. The molecule has 0 aliphatic heterocycles. The first-order valence-corrected chi connectivity index (χ1v) is 5.04. The van der Waals surface area contributed by atoms with Crippen LogP contribution in [0.5, 0.6) is 0 Å². The van der Waals surface area contributed by atoms with E-state index in [9.17, 15) is 4.79 Å². The molecule has 1 atom stereocenters. The fourth-order valence-electron chi connectivity index (χ4n) is 0.563. The Morgan fingerprint density at radius 1 is 1.58 bits per heavy atom. The molecule has 0 aromatic rings. The van der Waals surface area contributed by atoms with E-state index in [1.165, 1.54) is 0 Å². The molecule has 0 fully saturated rings. The summed E-state index contributed by atoms with van der Waals surface area (Å²) in [5.41, 5.74) is 5.56. The van der Waals surface area contributed by atoms with Gasteiger partial charge in [-0.3, -0.25) is 4.79 Å². The number of rotatable bonds is 4. The quantitative estimate of drug-likeness (QED) is 0.700. The molecular formula is C8H17NO2S. The Bertz CT molecular complexity index is 154. The normalized spacial score (nSPS) is 14.3. The van der Waals surface area contributed by atoms with Crippen LogP contribution in [0, 0.1) is 5.41 Å². The molecule has 0 heterocycles. The number of carboxylic acid groups (broad SMARTS) is 1. The fraction of sp³-hybridized carbons (Fsp3) is 0.875. The lowest BCUT2D eigenvalue weighted by molar-refractivity contribution is -0.137. The molecule has 0 aliphatic carbocycles. The van der Waals surface area contributed by atoms with Gasteiger partial charge in [0.25, 0.3) is 0 Å². The number of thioether (sulfide) groups is 1. The van der Waals surface area contributed by atoms with Crippen LogP contribution in [0.25, 0.3) is 0 Å². The molecule has 3 nitrogen and oxygen atoms in total. The summed E-state index contributed by atoms with van der Waals surface area (Å²) in [7, 11) is 0. The zero-order valence-corrected chi connectivity index (χ0v) is 8.65. The van der Waals surface area contributed by atoms with Gasteiger partial charge in [0, 0.05) is 5.75 Å². The average molecular weight is 191 g/mol. The molecule has 0 aromatic heterocycles. The first kappa shape index (κ1) is 11.8. The van der Waals surface area contributed by atoms with Gasteiger partial charge in [0.1, 0.15) is 6.04 Å². The summed E-state index contributed by atoms with van der Waals surface area (Å²) < 4.78 is 0. The van der Waals surface area contributed by atoms with Gasteiger partial charge in [0.2, 0.25) is 0 Å². The highest BCUT2D eigenvalue weighted by Crippen LogP contribution is 2.20. The molecule has 72 valence electrons. The maximum atomic E-state index is 10.3. The van der Waals surface area contributed by atoms with Crippen LogP contribution >= 0.6 is 11.8 Å². The van der Waals surface area contributed by atoms with Gasteiger partial charge in [-0.1, -0.05) is 20.8 Å². The molecule has 4 heteroatoms. The van der Waals surface area contributed by atoms with E-state index in [1.54, 1.807) is 11.8 Å². The minimum atomic E-state index is -0.920. The number of carbonyl (C=O) groups is 1. The van der Waals surface area contributed by atoms with Crippen LogP contribution in [0.4, 0.5) is 0 Å². The van der Waals surface area contributed by atoms with Crippen LogP contribution in [-0.2, 0) is 4.79 Å². The second-order valence-electron chi connectivity index (χ2n) is 4.02. The van der Waals surface area contributed by atoms with Gasteiger partial charge in [-0.2, -0.15) is 11.8 Å². The molecule has 12 heavy (non-hydrogen) atoms. The van der Waals surface area contributed by atoms with Crippen LogP contribution in [-0.4, -0.2) is 28.6 Å². The number of hydrogen-bond donors (Lipinski definition) is 2. The largest absolute Gasteiger partial charge is 0.480 e. The van der Waals surface area contributed by atoms with Gasteiger partial charge in [-0.25, -0.2) is 0 Å². The van der Waals surface area contributed by atoms with Gasteiger partial charge in [-0.15, -0.1) is 0 Å². The smallest absolute Gasteiger partial charge is 0.321 e. The molecule has 0 rings (SSSR count). The minimum Gasteiger partial charge on any atom is -0.480 e. The van der Waals surface area contributed by atoms with Crippen molar-refractivity contribution in [3.63, 3.8) is 0 Å². The topological polar surface area (TPSA) is 63.3 Å². The summed E-state index contributed by atoms with van der Waals surface area (Å²) in [6, 6.07) is -0.725. The van der Waals surface area contributed by atoms with Crippen LogP contribution in [0.15, 0.2) is 0 Å². The molecular weight excluding hydrogens is 174 g/mol. The van der Waals surface area contributed by atoms with Crippen molar-refractivity contribution in [3.05, 3.63) is 0 Å². The summed E-state index contributed by atoms with van der Waals surface area (Å²) >= 11 is 1.59. The van der Waals surface area contributed by atoms with Gasteiger partial charge in [-0.05, 0) is 11.2 Å². The molecule has 0 spiro atoms. The van der Waals surface area contributed by atoms with Crippen molar-refractivity contribution in [2.75, 3.05) is 11.5 Å². The Balaban J connectivity index is 3.51. The standard InChI is InChI=1S/C8H17NO2S/c1-8(2,3)5-12-4-6(9)7(10)11/h6H,4-5,9H2,1-3H3,(H,10,11)/t6-/m0/s1. The summed E-state index contributed by atoms with van der Waals surface area (Å²) in [5.74, 6) is 0.511. The van der Waals surface area contributed by atoms with Crippen LogP contribution in [0.3, 0.4) is 0 Å². The molecule has 0 aliphatic rings. The lowest BCUT2D eigenvalue weighted by atomic mass is 10.0.